The molecule has 0 aliphatic heterocycles. The van der Waals surface area contributed by atoms with Crippen molar-refractivity contribution in [1.29, 1.82) is 0 Å². The number of halogens is 1. The molecule has 1 heterocycles. The SMILES string of the molecule is CC(O)CNc1nccc2c(Br)cccc12. The summed E-state index contributed by atoms with van der Waals surface area (Å²) in [5.41, 5.74) is 0. The van der Waals surface area contributed by atoms with Crippen LogP contribution >= 0.6 is 15.9 Å². The van der Waals surface area contributed by atoms with Crippen LogP contribution < -0.4 is 5.32 Å². The number of hydrogen-bond donors (Lipinski definition) is 2. The summed E-state index contributed by atoms with van der Waals surface area (Å²) in [5.74, 6) is 0.805. The summed E-state index contributed by atoms with van der Waals surface area (Å²) in [6.45, 7) is 2.24. The van der Waals surface area contributed by atoms with Crippen molar-refractivity contribution in [3.05, 3.63) is 34.9 Å². The highest BCUT2D eigenvalue weighted by molar-refractivity contribution is 9.10. The lowest BCUT2D eigenvalue weighted by atomic mass is 10.1. The Morgan fingerprint density at radius 2 is 2.19 bits per heavy atom. The van der Waals surface area contributed by atoms with Gasteiger partial charge in [-0.25, -0.2) is 4.98 Å². The van der Waals surface area contributed by atoms with Crippen LogP contribution in [0.1, 0.15) is 6.92 Å². The van der Waals surface area contributed by atoms with Gasteiger partial charge in [-0.05, 0) is 19.1 Å². The minimum atomic E-state index is -0.385. The Kier molecular flexibility index (Phi) is 3.41. The number of aliphatic hydroxyl groups excluding tert-OH is 1. The van der Waals surface area contributed by atoms with Gasteiger partial charge in [-0.3, -0.25) is 0 Å². The summed E-state index contributed by atoms with van der Waals surface area (Å²) >= 11 is 3.51. The predicted molar refractivity (Wildman–Crippen MR) is 69.6 cm³/mol. The summed E-state index contributed by atoms with van der Waals surface area (Å²) in [6, 6.07) is 7.95. The molecule has 1 atom stereocenters. The summed E-state index contributed by atoms with van der Waals surface area (Å²) in [7, 11) is 0. The molecule has 1 unspecified atom stereocenters. The van der Waals surface area contributed by atoms with Gasteiger partial charge in [0.05, 0.1) is 6.10 Å². The lowest BCUT2D eigenvalue weighted by Crippen LogP contribution is -2.16. The molecular weight excluding hydrogens is 268 g/mol. The largest absolute Gasteiger partial charge is 0.392 e. The Morgan fingerprint density at radius 1 is 1.38 bits per heavy atom. The molecule has 0 fully saturated rings. The highest BCUT2D eigenvalue weighted by Crippen LogP contribution is 2.27. The normalized spacial score (nSPS) is 12.7. The fourth-order valence-corrected chi connectivity index (χ4v) is 2.05. The number of nitrogens with zero attached hydrogens (tertiary/aromatic N) is 1. The molecule has 0 aliphatic rings. The van der Waals surface area contributed by atoms with Crippen LogP contribution in [0.25, 0.3) is 10.8 Å². The summed E-state index contributed by atoms with van der Waals surface area (Å²) in [5, 5.41) is 14.5. The number of anilines is 1. The molecule has 4 heteroatoms. The molecule has 0 bridgehead atoms. The minimum absolute atomic E-state index is 0.385. The van der Waals surface area contributed by atoms with Crippen molar-refractivity contribution < 1.29 is 5.11 Å². The van der Waals surface area contributed by atoms with Gasteiger partial charge in [0.2, 0.25) is 0 Å². The van der Waals surface area contributed by atoms with Crippen LogP contribution in [0.3, 0.4) is 0 Å². The molecule has 2 rings (SSSR count). The first-order chi connectivity index (χ1) is 7.68. The summed E-state index contributed by atoms with van der Waals surface area (Å²) in [6.07, 6.45) is 1.38. The molecule has 0 aliphatic carbocycles. The van der Waals surface area contributed by atoms with Crippen LogP contribution in [0.2, 0.25) is 0 Å². The van der Waals surface area contributed by atoms with Crippen LogP contribution in [-0.2, 0) is 0 Å². The van der Waals surface area contributed by atoms with Crippen LogP contribution in [0.15, 0.2) is 34.9 Å². The number of aliphatic hydroxyl groups is 1. The summed E-state index contributed by atoms with van der Waals surface area (Å²) < 4.78 is 1.05. The van der Waals surface area contributed by atoms with E-state index in [2.05, 4.69) is 26.2 Å². The fourth-order valence-electron chi connectivity index (χ4n) is 1.55. The van der Waals surface area contributed by atoms with Crippen molar-refractivity contribution in [2.24, 2.45) is 0 Å². The van der Waals surface area contributed by atoms with E-state index in [1.54, 1.807) is 13.1 Å². The molecular formula is C12H13BrN2O. The Balaban J connectivity index is 2.42. The Hall–Kier alpha value is -1.13. The first-order valence-electron chi connectivity index (χ1n) is 5.13. The van der Waals surface area contributed by atoms with Crippen LogP contribution in [0.5, 0.6) is 0 Å². The Morgan fingerprint density at radius 3 is 2.94 bits per heavy atom. The number of nitrogens with one attached hydrogen (secondary N) is 1. The molecule has 0 amide bonds. The molecule has 0 spiro atoms. The molecule has 16 heavy (non-hydrogen) atoms. The third-order valence-electron chi connectivity index (χ3n) is 2.32. The maximum absolute atomic E-state index is 9.24. The zero-order valence-corrected chi connectivity index (χ0v) is 10.5. The number of aromatic nitrogens is 1. The maximum Gasteiger partial charge on any atom is 0.133 e. The van der Waals surface area contributed by atoms with Gasteiger partial charge >= 0.3 is 0 Å². The minimum Gasteiger partial charge on any atom is -0.392 e. The average Bonchev–Trinajstić information content (AvgIpc) is 2.27. The van der Waals surface area contributed by atoms with Gasteiger partial charge in [0.25, 0.3) is 0 Å². The van der Waals surface area contributed by atoms with E-state index in [9.17, 15) is 5.11 Å². The van der Waals surface area contributed by atoms with Crippen LogP contribution in [-0.4, -0.2) is 22.7 Å². The van der Waals surface area contributed by atoms with Gasteiger partial charge in [0.15, 0.2) is 0 Å². The fraction of sp³-hybridized carbons (Fsp3) is 0.250. The van der Waals surface area contributed by atoms with Crippen molar-refractivity contribution in [3.8, 4) is 0 Å². The van der Waals surface area contributed by atoms with E-state index in [1.165, 1.54) is 0 Å². The van der Waals surface area contributed by atoms with Crippen molar-refractivity contribution in [1.82, 2.24) is 4.98 Å². The van der Waals surface area contributed by atoms with Gasteiger partial charge in [-0.2, -0.15) is 0 Å². The lowest BCUT2D eigenvalue weighted by molar-refractivity contribution is 0.208. The van der Waals surface area contributed by atoms with E-state index >= 15 is 0 Å². The number of fused-ring (bicyclic) bond motifs is 1. The van der Waals surface area contributed by atoms with Crippen molar-refractivity contribution in [2.75, 3.05) is 11.9 Å². The lowest BCUT2D eigenvalue weighted by Gasteiger charge is -2.10. The molecule has 3 nitrogen and oxygen atoms in total. The smallest absolute Gasteiger partial charge is 0.133 e. The highest BCUT2D eigenvalue weighted by Gasteiger charge is 2.04. The van der Waals surface area contributed by atoms with Gasteiger partial charge in [0.1, 0.15) is 5.82 Å². The first-order valence-corrected chi connectivity index (χ1v) is 5.93. The second kappa shape index (κ2) is 4.80. The number of hydrogen-bond acceptors (Lipinski definition) is 3. The topological polar surface area (TPSA) is 45.1 Å². The van der Waals surface area contributed by atoms with Crippen molar-refractivity contribution in [3.63, 3.8) is 0 Å². The van der Waals surface area contributed by atoms with E-state index in [0.717, 1.165) is 21.1 Å². The van der Waals surface area contributed by atoms with Crippen LogP contribution in [0.4, 0.5) is 5.82 Å². The van der Waals surface area contributed by atoms with E-state index in [1.807, 2.05) is 24.3 Å². The number of rotatable bonds is 3. The first kappa shape index (κ1) is 11.4. The number of pyridine rings is 1. The van der Waals surface area contributed by atoms with Gasteiger partial charge in [0, 0.05) is 28.0 Å². The van der Waals surface area contributed by atoms with Crippen molar-refractivity contribution >= 4 is 32.5 Å². The third-order valence-corrected chi connectivity index (χ3v) is 3.01. The van der Waals surface area contributed by atoms with Gasteiger partial charge in [-0.1, -0.05) is 28.1 Å². The zero-order valence-electron chi connectivity index (χ0n) is 8.94. The second-order valence-corrected chi connectivity index (χ2v) is 4.58. The third kappa shape index (κ3) is 2.33. The highest BCUT2D eigenvalue weighted by atomic mass is 79.9. The van der Waals surface area contributed by atoms with Crippen molar-refractivity contribution in [2.45, 2.75) is 13.0 Å². The quantitative estimate of drug-likeness (QED) is 0.909. The maximum atomic E-state index is 9.24. The van der Waals surface area contributed by atoms with Gasteiger partial charge in [-0.15, -0.1) is 0 Å². The molecule has 0 saturated heterocycles. The molecule has 1 aromatic heterocycles. The second-order valence-electron chi connectivity index (χ2n) is 3.72. The van der Waals surface area contributed by atoms with E-state index in [4.69, 9.17) is 0 Å². The van der Waals surface area contributed by atoms with Gasteiger partial charge < -0.3 is 10.4 Å². The molecule has 84 valence electrons. The van der Waals surface area contributed by atoms with E-state index < -0.39 is 0 Å². The molecule has 0 saturated carbocycles. The number of benzene rings is 1. The van der Waals surface area contributed by atoms with E-state index in [-0.39, 0.29) is 6.10 Å². The average molecular weight is 281 g/mol. The molecule has 1 aromatic carbocycles. The standard InChI is InChI=1S/C12H13BrN2O/c1-8(16)7-15-12-10-3-2-4-11(13)9(10)5-6-14-12/h2-6,8,16H,7H2,1H3,(H,14,15). The molecule has 2 N–H and O–H groups in total. The predicted octanol–water partition coefficient (Wildman–Crippen LogP) is 2.79. The van der Waals surface area contributed by atoms with E-state index in [0.29, 0.717) is 6.54 Å². The summed E-state index contributed by atoms with van der Waals surface area (Å²) in [4.78, 5) is 4.28. The van der Waals surface area contributed by atoms with Crippen LogP contribution in [0, 0.1) is 0 Å². The Bertz CT molecular complexity index is 499. The molecule has 0 radical (unpaired) electrons. The Labute approximate surface area is 103 Å². The monoisotopic (exact) mass is 280 g/mol. The zero-order chi connectivity index (χ0) is 11.5. The molecule has 2 aromatic rings.